The number of alkyl carbamates (subject to hydrolysis) is 1. The van der Waals surface area contributed by atoms with Crippen LogP contribution in [0.1, 0.15) is 54.4 Å². The maximum Gasteiger partial charge on any atom is 0.408 e. The van der Waals surface area contributed by atoms with E-state index in [9.17, 15) is 24.3 Å². The molecular weight excluding hydrogens is 642 g/mol. The van der Waals surface area contributed by atoms with Crippen molar-refractivity contribution in [1.29, 1.82) is 0 Å². The summed E-state index contributed by atoms with van der Waals surface area (Å²) in [6.45, 7) is 14.2. The number of amides is 3. The molecule has 3 N–H and O–H groups in total. The van der Waals surface area contributed by atoms with E-state index in [2.05, 4.69) is 22.2 Å². The van der Waals surface area contributed by atoms with Crippen molar-refractivity contribution in [3.63, 3.8) is 0 Å². The summed E-state index contributed by atoms with van der Waals surface area (Å²) in [6, 6.07) is 10.4. The minimum absolute atomic E-state index is 0.0245. The summed E-state index contributed by atoms with van der Waals surface area (Å²) in [6.07, 6.45) is 1.92. The van der Waals surface area contributed by atoms with Crippen molar-refractivity contribution in [1.82, 2.24) is 25.5 Å². The molecule has 0 spiro atoms. The topological polar surface area (TPSA) is 169 Å². The molecule has 0 radical (unpaired) electrons. The van der Waals surface area contributed by atoms with Gasteiger partial charge < -0.3 is 34.9 Å². The highest BCUT2D eigenvalue weighted by Gasteiger charge is 2.61. The first kappa shape index (κ1) is 36.1. The van der Waals surface area contributed by atoms with Crippen LogP contribution < -0.4 is 20.1 Å². The third kappa shape index (κ3) is 7.66. The fourth-order valence-electron chi connectivity index (χ4n) is 6.16. The number of carboxylic acids is 1. The largest absolute Gasteiger partial charge is 0.497 e. The number of nitrogens with one attached hydrogen (secondary N) is 2. The summed E-state index contributed by atoms with van der Waals surface area (Å²) in [5, 5.41) is 16.1. The normalized spacial score (nSPS) is 22.3. The lowest BCUT2D eigenvalue weighted by atomic mass is 9.85. The Labute approximate surface area is 291 Å². The molecule has 5 atom stereocenters. The van der Waals surface area contributed by atoms with Gasteiger partial charge in [-0.1, -0.05) is 32.9 Å². The Hall–Kier alpha value is -5.20. The second-order valence-electron chi connectivity index (χ2n) is 14.8. The smallest absolute Gasteiger partial charge is 0.408 e. The number of carbonyl (C=O) groups is 4. The third-order valence-electron chi connectivity index (χ3n) is 8.85. The van der Waals surface area contributed by atoms with Crippen LogP contribution in [0.2, 0.25) is 0 Å². The van der Waals surface area contributed by atoms with Crippen LogP contribution in [-0.4, -0.2) is 86.8 Å². The van der Waals surface area contributed by atoms with Crippen molar-refractivity contribution < 1.29 is 38.5 Å². The van der Waals surface area contributed by atoms with Gasteiger partial charge >= 0.3 is 12.1 Å². The lowest BCUT2D eigenvalue weighted by Crippen LogP contribution is -2.59. The number of hydrogen-bond acceptors (Lipinski definition) is 9. The van der Waals surface area contributed by atoms with Crippen LogP contribution >= 0.6 is 0 Å². The molecule has 1 unspecified atom stereocenters. The van der Waals surface area contributed by atoms with Crippen LogP contribution in [0.15, 0.2) is 61.3 Å². The maximum absolute atomic E-state index is 14.4. The van der Waals surface area contributed by atoms with Crippen molar-refractivity contribution in [2.24, 2.45) is 11.3 Å². The SMILES string of the molecule is C=C[C@H]1CC1(NC(=O)[C@@H]1C[C@@H](Oc2cc(-c3ccccn3)nc3cc(OC)ccc23)CN1C(=O)[C@@H](NC(=O)OC(C)(C)C)C(C)(C)C)C(=O)O. The summed E-state index contributed by atoms with van der Waals surface area (Å²) in [4.78, 5) is 64.2. The van der Waals surface area contributed by atoms with Gasteiger partial charge in [0, 0.05) is 36.1 Å². The Morgan fingerprint density at radius 3 is 2.40 bits per heavy atom. The minimum Gasteiger partial charge on any atom is -0.497 e. The molecule has 5 rings (SSSR count). The highest BCUT2D eigenvalue weighted by atomic mass is 16.6. The number of ether oxygens (including phenoxy) is 3. The average molecular weight is 688 g/mol. The van der Waals surface area contributed by atoms with Gasteiger partial charge in [-0.25, -0.2) is 14.6 Å². The molecule has 50 heavy (non-hydrogen) atoms. The monoisotopic (exact) mass is 687 g/mol. The number of methoxy groups -OCH3 is 1. The number of hydrogen-bond donors (Lipinski definition) is 3. The first-order valence-corrected chi connectivity index (χ1v) is 16.5. The third-order valence-corrected chi connectivity index (χ3v) is 8.85. The fraction of sp³-hybridized carbons (Fsp3) is 0.459. The van der Waals surface area contributed by atoms with Crippen LogP contribution in [0.4, 0.5) is 4.79 Å². The number of likely N-dealkylation sites (tertiary alicyclic amines) is 1. The van der Waals surface area contributed by atoms with Crippen LogP contribution in [0.25, 0.3) is 22.3 Å². The maximum atomic E-state index is 14.4. The molecule has 2 aromatic heterocycles. The van der Waals surface area contributed by atoms with Gasteiger partial charge in [-0.15, -0.1) is 6.58 Å². The summed E-state index contributed by atoms with van der Waals surface area (Å²) in [5.41, 5.74) is -1.37. The second kappa shape index (κ2) is 13.6. The van der Waals surface area contributed by atoms with E-state index in [0.29, 0.717) is 33.8 Å². The predicted molar refractivity (Wildman–Crippen MR) is 185 cm³/mol. The second-order valence-corrected chi connectivity index (χ2v) is 14.8. The van der Waals surface area contributed by atoms with Gasteiger partial charge in [0.25, 0.3) is 0 Å². The number of benzene rings is 1. The summed E-state index contributed by atoms with van der Waals surface area (Å²) in [5.74, 6) is -1.76. The molecule has 3 heterocycles. The molecule has 1 saturated carbocycles. The van der Waals surface area contributed by atoms with E-state index in [1.807, 2.05) is 18.2 Å². The minimum atomic E-state index is -1.51. The molecule has 13 heteroatoms. The Morgan fingerprint density at radius 2 is 1.82 bits per heavy atom. The molecule has 2 fully saturated rings. The number of rotatable bonds is 10. The van der Waals surface area contributed by atoms with E-state index in [0.717, 1.165) is 0 Å². The fourth-order valence-corrected chi connectivity index (χ4v) is 6.16. The molecule has 1 aromatic carbocycles. The molecule has 3 aromatic rings. The van der Waals surface area contributed by atoms with E-state index in [-0.39, 0.29) is 19.4 Å². The van der Waals surface area contributed by atoms with Crippen molar-refractivity contribution in [3.05, 3.63) is 61.3 Å². The number of carbonyl (C=O) groups excluding carboxylic acids is 3. The van der Waals surface area contributed by atoms with Gasteiger partial charge in [-0.3, -0.25) is 14.6 Å². The van der Waals surface area contributed by atoms with Gasteiger partial charge in [0.05, 0.1) is 30.6 Å². The van der Waals surface area contributed by atoms with Gasteiger partial charge in [-0.05, 0) is 56.9 Å². The van der Waals surface area contributed by atoms with Crippen molar-refractivity contribution in [2.45, 2.75) is 83.7 Å². The first-order chi connectivity index (χ1) is 23.5. The molecule has 1 aliphatic heterocycles. The number of nitrogens with zero attached hydrogens (tertiary/aromatic N) is 3. The van der Waals surface area contributed by atoms with Gasteiger partial charge in [0.15, 0.2) is 0 Å². The van der Waals surface area contributed by atoms with E-state index < -0.39 is 64.5 Å². The molecule has 13 nitrogen and oxygen atoms in total. The number of aliphatic carboxylic acids is 1. The Balaban J connectivity index is 1.51. The molecule has 0 bridgehead atoms. The molecule has 1 saturated heterocycles. The van der Waals surface area contributed by atoms with Crippen molar-refractivity contribution in [2.75, 3.05) is 13.7 Å². The predicted octanol–water partition coefficient (Wildman–Crippen LogP) is 4.74. The van der Waals surface area contributed by atoms with Crippen LogP contribution in [-0.2, 0) is 19.1 Å². The number of aromatic nitrogens is 2. The molecular formula is C37H45N5O8. The molecule has 266 valence electrons. The van der Waals surface area contributed by atoms with Gasteiger partial charge in [-0.2, -0.15) is 0 Å². The Morgan fingerprint density at radius 1 is 1.08 bits per heavy atom. The number of carboxylic acid groups (broad SMARTS) is 1. The first-order valence-electron chi connectivity index (χ1n) is 16.5. The van der Waals surface area contributed by atoms with Crippen LogP contribution in [0, 0.1) is 11.3 Å². The lowest BCUT2D eigenvalue weighted by molar-refractivity contribution is -0.146. The Kier molecular flexibility index (Phi) is 9.82. The summed E-state index contributed by atoms with van der Waals surface area (Å²) < 4.78 is 17.5. The Bertz CT molecular complexity index is 1800. The van der Waals surface area contributed by atoms with Gasteiger partial charge in [0.2, 0.25) is 11.8 Å². The van der Waals surface area contributed by atoms with Gasteiger partial charge in [0.1, 0.15) is 40.8 Å². The average Bonchev–Trinajstić information content (AvgIpc) is 3.61. The van der Waals surface area contributed by atoms with E-state index in [1.54, 1.807) is 79.1 Å². The van der Waals surface area contributed by atoms with Crippen molar-refractivity contribution in [3.8, 4) is 22.9 Å². The highest BCUT2D eigenvalue weighted by molar-refractivity contribution is 5.96. The number of fused-ring (bicyclic) bond motifs is 1. The van der Waals surface area contributed by atoms with Crippen molar-refractivity contribution >= 4 is 34.8 Å². The lowest BCUT2D eigenvalue weighted by Gasteiger charge is -2.35. The standard InChI is InChI=1S/C37H45N5O8/c1-9-21-19-37(21,33(45)46)41-31(43)28-17-23(20-42(28)32(44)30(35(2,3)4)40-34(47)50-36(5,6)7)49-29-18-27(25-12-10-11-15-38-25)39-26-16-22(48-8)13-14-24(26)29/h9-16,18,21,23,28,30H,1,17,19-20H2,2-8H3,(H,40,47)(H,41,43)(H,45,46)/t21-,23+,28-,30+,37?/m0/s1. The zero-order chi connectivity index (χ0) is 36.6. The van der Waals surface area contributed by atoms with E-state index in [4.69, 9.17) is 19.2 Å². The molecule has 1 aliphatic carbocycles. The van der Waals surface area contributed by atoms with Crippen LogP contribution in [0.3, 0.4) is 0 Å². The number of pyridine rings is 2. The quantitative estimate of drug-likeness (QED) is 0.253. The highest BCUT2D eigenvalue weighted by Crippen LogP contribution is 2.45. The van der Waals surface area contributed by atoms with Crippen LogP contribution in [0.5, 0.6) is 11.5 Å². The molecule has 2 aliphatic rings. The zero-order valence-corrected chi connectivity index (χ0v) is 29.5. The van der Waals surface area contributed by atoms with E-state index in [1.165, 1.54) is 11.0 Å². The molecule has 3 amide bonds. The summed E-state index contributed by atoms with van der Waals surface area (Å²) in [7, 11) is 1.56. The zero-order valence-electron chi connectivity index (χ0n) is 29.5. The van der Waals surface area contributed by atoms with E-state index >= 15 is 0 Å². The summed E-state index contributed by atoms with van der Waals surface area (Å²) >= 11 is 0.